The minimum atomic E-state index is -0.478. The Kier molecular flexibility index (Phi) is 3.11. The van der Waals surface area contributed by atoms with E-state index in [0.717, 1.165) is 34.4 Å². The molecular formula is C17H17BrN2OS. The minimum Gasteiger partial charge on any atom is -0.347 e. The van der Waals surface area contributed by atoms with Gasteiger partial charge in [-0.2, -0.15) is 0 Å². The third-order valence-electron chi connectivity index (χ3n) is 5.48. The fourth-order valence-corrected chi connectivity index (χ4v) is 4.88. The number of hydrogen-bond donors (Lipinski definition) is 1. The molecule has 4 rings (SSSR count). The van der Waals surface area contributed by atoms with Crippen molar-refractivity contribution >= 4 is 44.6 Å². The predicted octanol–water partition coefficient (Wildman–Crippen LogP) is 3.68. The van der Waals surface area contributed by atoms with Crippen molar-refractivity contribution in [1.82, 2.24) is 5.32 Å². The average molecular weight is 377 g/mol. The van der Waals surface area contributed by atoms with Crippen molar-refractivity contribution in [3.05, 3.63) is 33.8 Å². The molecule has 0 saturated heterocycles. The normalized spacial score (nSPS) is 28.9. The topological polar surface area (TPSA) is 41.5 Å². The lowest BCUT2D eigenvalue weighted by molar-refractivity contribution is -0.123. The number of halogens is 1. The van der Waals surface area contributed by atoms with E-state index in [1.165, 1.54) is 11.1 Å². The van der Waals surface area contributed by atoms with Gasteiger partial charge in [0, 0.05) is 28.3 Å². The lowest BCUT2D eigenvalue weighted by Crippen LogP contribution is -2.52. The molecule has 5 heteroatoms. The molecule has 1 aromatic rings. The maximum atomic E-state index is 11.8. The summed E-state index contributed by atoms with van der Waals surface area (Å²) in [6.45, 7) is 1.97. The number of benzene rings is 1. The Morgan fingerprint density at radius 1 is 1.32 bits per heavy atom. The molecule has 114 valence electrons. The van der Waals surface area contributed by atoms with E-state index in [-0.39, 0.29) is 5.41 Å². The molecule has 1 N–H and O–H groups in total. The molecule has 1 heterocycles. The second kappa shape index (κ2) is 4.71. The van der Waals surface area contributed by atoms with E-state index < -0.39 is 5.66 Å². The summed E-state index contributed by atoms with van der Waals surface area (Å²) in [6, 6.07) is 6.43. The van der Waals surface area contributed by atoms with E-state index in [9.17, 15) is 4.79 Å². The third-order valence-corrected chi connectivity index (χ3v) is 6.37. The van der Waals surface area contributed by atoms with Gasteiger partial charge in [0.05, 0.1) is 5.71 Å². The summed E-state index contributed by atoms with van der Waals surface area (Å²) in [6.07, 6.45) is 4.03. The van der Waals surface area contributed by atoms with E-state index in [1.807, 2.05) is 6.92 Å². The maximum Gasteiger partial charge on any atom is 0.162 e. The van der Waals surface area contributed by atoms with Crippen LogP contribution in [0.1, 0.15) is 43.7 Å². The first kappa shape index (κ1) is 14.5. The number of Topliss-reactive ketones (excluding diaryl/α,β-unsaturated/α-hetero) is 1. The van der Waals surface area contributed by atoms with Crippen molar-refractivity contribution in [2.24, 2.45) is 10.4 Å². The van der Waals surface area contributed by atoms with Crippen molar-refractivity contribution in [2.75, 3.05) is 0 Å². The lowest BCUT2D eigenvalue weighted by Gasteiger charge is -2.44. The molecule has 1 aliphatic heterocycles. The molecule has 1 aromatic carbocycles. The number of carbonyl (C=O) groups is 1. The number of thiocarbonyl (C=S) groups is 1. The Morgan fingerprint density at radius 2 is 2.05 bits per heavy atom. The number of rotatable bonds is 0. The lowest BCUT2D eigenvalue weighted by atomic mass is 9.66. The molecule has 2 aliphatic carbocycles. The van der Waals surface area contributed by atoms with Gasteiger partial charge in [-0.15, -0.1) is 0 Å². The Hall–Kier alpha value is -1.07. The summed E-state index contributed by atoms with van der Waals surface area (Å²) >= 11 is 9.05. The minimum absolute atomic E-state index is 0.0359. The second-order valence-electron chi connectivity index (χ2n) is 6.66. The maximum absolute atomic E-state index is 11.8. The van der Waals surface area contributed by atoms with Crippen LogP contribution in [0, 0.1) is 5.41 Å². The number of fused-ring (bicyclic) bond motifs is 3. The van der Waals surface area contributed by atoms with Gasteiger partial charge >= 0.3 is 0 Å². The molecule has 0 radical (unpaired) electrons. The second-order valence-corrected chi connectivity index (χ2v) is 7.98. The first-order chi connectivity index (χ1) is 10.5. The van der Waals surface area contributed by atoms with E-state index in [4.69, 9.17) is 17.2 Å². The van der Waals surface area contributed by atoms with Crippen LogP contribution in [0.4, 0.5) is 0 Å². The molecule has 0 amide bonds. The summed E-state index contributed by atoms with van der Waals surface area (Å²) in [5.41, 5.74) is 2.93. The van der Waals surface area contributed by atoms with Crippen LogP contribution in [-0.4, -0.2) is 16.5 Å². The Labute approximate surface area is 143 Å². The van der Waals surface area contributed by atoms with Crippen molar-refractivity contribution < 1.29 is 4.79 Å². The molecule has 0 bridgehead atoms. The highest BCUT2D eigenvalue weighted by Crippen LogP contribution is 2.59. The predicted molar refractivity (Wildman–Crippen MR) is 94.3 cm³/mol. The van der Waals surface area contributed by atoms with Gasteiger partial charge in [0.25, 0.3) is 0 Å². The van der Waals surface area contributed by atoms with Gasteiger partial charge in [0.1, 0.15) is 10.8 Å². The molecule has 1 saturated carbocycles. The van der Waals surface area contributed by atoms with Crippen LogP contribution in [0.5, 0.6) is 0 Å². The Bertz CT molecular complexity index is 732. The molecule has 1 unspecified atom stereocenters. The van der Waals surface area contributed by atoms with E-state index >= 15 is 0 Å². The molecule has 3 nitrogen and oxygen atoms in total. The molecule has 0 aromatic heterocycles. The standard InChI is InChI=1S/C17H17BrN2OS/c1-10-15(22)20-17(19-10)14-8-12(18)3-2-11(14)9-16(17)6-4-13(21)5-7-16/h2-3,8H,4-7,9H2,1H3,(H,20,22). The SMILES string of the molecule is CC1=NC2(NC1=S)c1cc(Br)ccc1CC21CCC(=O)CC1. The molecule has 2 spiro atoms. The van der Waals surface area contributed by atoms with Crippen LogP contribution in [0.25, 0.3) is 0 Å². The number of carbonyl (C=O) groups excluding carboxylic acids is 1. The van der Waals surface area contributed by atoms with Gasteiger partial charge in [-0.1, -0.05) is 34.2 Å². The van der Waals surface area contributed by atoms with Gasteiger partial charge in [0.15, 0.2) is 5.66 Å². The van der Waals surface area contributed by atoms with Crippen molar-refractivity contribution in [3.8, 4) is 0 Å². The van der Waals surface area contributed by atoms with Crippen LogP contribution in [0.2, 0.25) is 0 Å². The van der Waals surface area contributed by atoms with Gasteiger partial charge in [-0.25, -0.2) is 0 Å². The highest BCUT2D eigenvalue weighted by atomic mass is 79.9. The number of aliphatic imine (C=N–C) groups is 1. The number of nitrogens with zero attached hydrogens (tertiary/aromatic N) is 1. The molecule has 1 fully saturated rings. The van der Waals surface area contributed by atoms with Gasteiger partial charge in [-0.3, -0.25) is 9.79 Å². The summed E-state index contributed by atoms with van der Waals surface area (Å²) in [7, 11) is 0. The van der Waals surface area contributed by atoms with E-state index in [1.54, 1.807) is 0 Å². The van der Waals surface area contributed by atoms with Crippen molar-refractivity contribution in [3.63, 3.8) is 0 Å². The quantitative estimate of drug-likeness (QED) is 0.702. The average Bonchev–Trinajstić information content (AvgIpc) is 2.92. The van der Waals surface area contributed by atoms with E-state index in [2.05, 4.69) is 39.4 Å². The van der Waals surface area contributed by atoms with Gasteiger partial charge < -0.3 is 5.32 Å². The van der Waals surface area contributed by atoms with Gasteiger partial charge in [-0.05, 0) is 43.9 Å². The largest absolute Gasteiger partial charge is 0.347 e. The van der Waals surface area contributed by atoms with Crippen LogP contribution in [0.3, 0.4) is 0 Å². The van der Waals surface area contributed by atoms with Crippen molar-refractivity contribution in [1.29, 1.82) is 0 Å². The smallest absolute Gasteiger partial charge is 0.162 e. The fourth-order valence-electron chi connectivity index (χ4n) is 4.33. The van der Waals surface area contributed by atoms with Crippen LogP contribution in [-0.2, 0) is 16.9 Å². The number of nitrogens with one attached hydrogen (secondary N) is 1. The highest BCUT2D eigenvalue weighted by molar-refractivity contribution is 9.10. The molecule has 1 atom stereocenters. The summed E-state index contributed by atoms with van der Waals surface area (Å²) in [5.74, 6) is 0.374. The zero-order valence-corrected chi connectivity index (χ0v) is 14.8. The Morgan fingerprint density at radius 3 is 2.68 bits per heavy atom. The van der Waals surface area contributed by atoms with E-state index in [0.29, 0.717) is 18.6 Å². The number of ketones is 1. The van der Waals surface area contributed by atoms with Crippen LogP contribution in [0.15, 0.2) is 27.7 Å². The molecular weight excluding hydrogens is 360 g/mol. The number of hydrogen-bond acceptors (Lipinski definition) is 3. The first-order valence-electron chi connectivity index (χ1n) is 7.65. The van der Waals surface area contributed by atoms with Gasteiger partial charge in [0.2, 0.25) is 0 Å². The summed E-state index contributed by atoms with van der Waals surface area (Å²) < 4.78 is 1.06. The monoisotopic (exact) mass is 376 g/mol. The molecule has 3 aliphatic rings. The highest BCUT2D eigenvalue weighted by Gasteiger charge is 2.60. The zero-order chi connectivity index (χ0) is 15.5. The van der Waals surface area contributed by atoms with Crippen LogP contribution < -0.4 is 5.32 Å². The third kappa shape index (κ3) is 1.81. The fraction of sp³-hybridized carbons (Fsp3) is 0.471. The summed E-state index contributed by atoms with van der Waals surface area (Å²) in [4.78, 5) is 17.5. The molecule has 22 heavy (non-hydrogen) atoms. The zero-order valence-electron chi connectivity index (χ0n) is 12.4. The van der Waals surface area contributed by atoms with Crippen molar-refractivity contribution in [2.45, 2.75) is 44.7 Å². The Balaban J connectivity index is 1.91. The first-order valence-corrected chi connectivity index (χ1v) is 8.86. The van der Waals surface area contributed by atoms with Crippen LogP contribution >= 0.6 is 28.1 Å². The summed E-state index contributed by atoms with van der Waals surface area (Å²) in [5, 5.41) is 3.53.